The number of ether oxygens (including phenoxy) is 1. The maximum absolute atomic E-state index is 12.1. The number of nitrogens with two attached hydrogens (primary N) is 1. The fraction of sp³-hybridized carbons (Fsp3) is 0.188. The monoisotopic (exact) mass is 451 g/mol. The molecule has 0 aliphatic heterocycles. The van der Waals surface area contributed by atoms with Crippen LogP contribution in [-0.4, -0.2) is 12.3 Å². The van der Waals surface area contributed by atoms with Gasteiger partial charge in [-0.25, -0.2) is 4.99 Å². The van der Waals surface area contributed by atoms with E-state index in [4.69, 9.17) is 5.73 Å². The molecule has 8 heteroatoms. The molecule has 2 rings (SSSR count). The van der Waals surface area contributed by atoms with Gasteiger partial charge in [0.05, 0.1) is 6.54 Å². The standard InChI is InChI=1S/C16H16F3N3O.HI/c1-11-3-2-4-12(9-11)10-21-15(20)22-13-5-7-14(8-6-13)23-16(17,18)19;/h2-9H,10H2,1H3,(H3,20,21,22);1H. The number of alkyl halides is 3. The largest absolute Gasteiger partial charge is 0.573 e. The number of nitrogens with zero attached hydrogens (tertiary/aromatic N) is 1. The number of nitrogens with one attached hydrogen (secondary N) is 1. The third-order valence-corrected chi connectivity index (χ3v) is 2.87. The van der Waals surface area contributed by atoms with Crippen LogP contribution in [0.25, 0.3) is 0 Å². The van der Waals surface area contributed by atoms with Crippen LogP contribution >= 0.6 is 24.0 Å². The van der Waals surface area contributed by atoms with Crippen molar-refractivity contribution in [2.45, 2.75) is 19.8 Å². The van der Waals surface area contributed by atoms with E-state index in [1.54, 1.807) is 0 Å². The van der Waals surface area contributed by atoms with Gasteiger partial charge >= 0.3 is 6.36 Å². The van der Waals surface area contributed by atoms with Crippen LogP contribution in [0.3, 0.4) is 0 Å². The molecule has 0 spiro atoms. The first kappa shape index (κ1) is 20.1. The van der Waals surface area contributed by atoms with Crippen molar-refractivity contribution < 1.29 is 17.9 Å². The second kappa shape index (κ2) is 8.76. The van der Waals surface area contributed by atoms with E-state index in [1.807, 2.05) is 31.2 Å². The molecule has 0 aliphatic carbocycles. The molecule has 0 aromatic heterocycles. The van der Waals surface area contributed by atoms with Gasteiger partial charge in [0.15, 0.2) is 5.96 Å². The SMILES string of the molecule is Cc1cccc(CN=C(N)Nc2ccc(OC(F)(F)F)cc2)c1.I. The maximum Gasteiger partial charge on any atom is 0.573 e. The molecule has 3 N–H and O–H groups in total. The summed E-state index contributed by atoms with van der Waals surface area (Å²) in [6, 6.07) is 13.1. The summed E-state index contributed by atoms with van der Waals surface area (Å²) >= 11 is 0. The van der Waals surface area contributed by atoms with Gasteiger partial charge < -0.3 is 15.8 Å². The summed E-state index contributed by atoms with van der Waals surface area (Å²) in [5.74, 6) is -0.116. The van der Waals surface area contributed by atoms with Crippen LogP contribution in [0.1, 0.15) is 11.1 Å². The highest BCUT2D eigenvalue weighted by atomic mass is 127. The van der Waals surface area contributed by atoms with E-state index in [2.05, 4.69) is 15.0 Å². The third-order valence-electron chi connectivity index (χ3n) is 2.87. The topological polar surface area (TPSA) is 59.6 Å². The number of aliphatic imine (C=N–C) groups is 1. The number of benzene rings is 2. The molecule has 2 aromatic rings. The van der Waals surface area contributed by atoms with Crippen molar-refractivity contribution >= 4 is 35.6 Å². The zero-order valence-electron chi connectivity index (χ0n) is 12.8. The Balaban J connectivity index is 0.00000288. The molecule has 0 radical (unpaired) electrons. The molecular weight excluding hydrogens is 434 g/mol. The average molecular weight is 451 g/mol. The van der Waals surface area contributed by atoms with Crippen LogP contribution in [-0.2, 0) is 6.54 Å². The minimum Gasteiger partial charge on any atom is -0.406 e. The van der Waals surface area contributed by atoms with Gasteiger partial charge in [-0.1, -0.05) is 29.8 Å². The molecule has 24 heavy (non-hydrogen) atoms. The number of rotatable bonds is 4. The van der Waals surface area contributed by atoms with Gasteiger partial charge in [-0.05, 0) is 36.8 Å². The lowest BCUT2D eigenvalue weighted by Gasteiger charge is -2.10. The predicted octanol–water partition coefficient (Wildman–Crippen LogP) is 4.44. The van der Waals surface area contributed by atoms with E-state index >= 15 is 0 Å². The zero-order valence-corrected chi connectivity index (χ0v) is 15.1. The molecular formula is C16H17F3IN3O. The van der Waals surface area contributed by atoms with E-state index in [1.165, 1.54) is 24.3 Å². The number of halogens is 4. The summed E-state index contributed by atoms with van der Waals surface area (Å²) in [4.78, 5) is 4.18. The Hall–Kier alpha value is -1.97. The van der Waals surface area contributed by atoms with E-state index in [0.717, 1.165) is 11.1 Å². The Labute approximate surface area is 154 Å². The van der Waals surface area contributed by atoms with Crippen LogP contribution in [0, 0.1) is 6.92 Å². The fourth-order valence-corrected chi connectivity index (χ4v) is 1.91. The minimum atomic E-state index is -4.71. The first-order valence-electron chi connectivity index (χ1n) is 6.80. The number of guanidine groups is 1. The van der Waals surface area contributed by atoms with Crippen molar-refractivity contribution in [1.82, 2.24) is 0 Å². The van der Waals surface area contributed by atoms with E-state index < -0.39 is 6.36 Å². The first-order valence-corrected chi connectivity index (χ1v) is 6.80. The normalized spacial score (nSPS) is 11.6. The van der Waals surface area contributed by atoms with Crippen LogP contribution in [0.5, 0.6) is 5.75 Å². The minimum absolute atomic E-state index is 0. The quantitative estimate of drug-likeness (QED) is 0.411. The van der Waals surface area contributed by atoms with Gasteiger partial charge in [-0.2, -0.15) is 0 Å². The average Bonchev–Trinajstić information content (AvgIpc) is 2.46. The Morgan fingerprint density at radius 3 is 2.42 bits per heavy atom. The maximum atomic E-state index is 12.1. The Kier molecular flexibility index (Phi) is 7.33. The Morgan fingerprint density at radius 2 is 1.83 bits per heavy atom. The van der Waals surface area contributed by atoms with Crippen molar-refractivity contribution in [3.63, 3.8) is 0 Å². The molecule has 0 aliphatic rings. The highest BCUT2D eigenvalue weighted by molar-refractivity contribution is 14.0. The number of hydrogen-bond donors (Lipinski definition) is 2. The summed E-state index contributed by atoms with van der Waals surface area (Å²) in [6.45, 7) is 2.40. The van der Waals surface area contributed by atoms with Gasteiger partial charge in [0.1, 0.15) is 5.75 Å². The van der Waals surface area contributed by atoms with Crippen molar-refractivity contribution in [2.75, 3.05) is 5.32 Å². The van der Waals surface area contributed by atoms with E-state index in [0.29, 0.717) is 12.2 Å². The number of hydrogen-bond acceptors (Lipinski definition) is 2. The summed E-state index contributed by atoms with van der Waals surface area (Å²) < 4.78 is 40.0. The smallest absolute Gasteiger partial charge is 0.406 e. The molecule has 0 amide bonds. The van der Waals surface area contributed by atoms with Crippen LogP contribution in [0.15, 0.2) is 53.5 Å². The molecule has 0 atom stereocenters. The lowest BCUT2D eigenvalue weighted by Crippen LogP contribution is -2.22. The Morgan fingerprint density at radius 1 is 1.17 bits per heavy atom. The molecule has 0 fully saturated rings. The van der Waals surface area contributed by atoms with Crippen molar-refractivity contribution in [3.8, 4) is 5.75 Å². The second-order valence-electron chi connectivity index (χ2n) is 4.89. The highest BCUT2D eigenvalue weighted by Crippen LogP contribution is 2.23. The lowest BCUT2D eigenvalue weighted by atomic mass is 10.1. The van der Waals surface area contributed by atoms with Crippen molar-refractivity contribution in [1.29, 1.82) is 0 Å². The predicted molar refractivity (Wildman–Crippen MR) is 98.7 cm³/mol. The third kappa shape index (κ3) is 7.07. The Bertz CT molecular complexity index is 688. The number of anilines is 1. The summed E-state index contributed by atoms with van der Waals surface area (Å²) in [6.07, 6.45) is -4.71. The van der Waals surface area contributed by atoms with Crippen molar-refractivity contribution in [3.05, 3.63) is 59.7 Å². The highest BCUT2D eigenvalue weighted by Gasteiger charge is 2.30. The van der Waals surface area contributed by atoms with Gasteiger partial charge in [-0.15, -0.1) is 37.1 Å². The van der Waals surface area contributed by atoms with Gasteiger partial charge in [0.2, 0.25) is 0 Å². The summed E-state index contributed by atoms with van der Waals surface area (Å²) in [5.41, 5.74) is 8.42. The molecule has 130 valence electrons. The fourth-order valence-electron chi connectivity index (χ4n) is 1.91. The second-order valence-corrected chi connectivity index (χ2v) is 4.89. The van der Waals surface area contributed by atoms with E-state index in [-0.39, 0.29) is 35.7 Å². The first-order chi connectivity index (χ1) is 10.8. The molecule has 0 bridgehead atoms. The van der Waals surface area contributed by atoms with Gasteiger partial charge in [0, 0.05) is 5.69 Å². The molecule has 0 heterocycles. The molecule has 0 unspecified atom stereocenters. The lowest BCUT2D eigenvalue weighted by molar-refractivity contribution is -0.274. The summed E-state index contributed by atoms with van der Waals surface area (Å²) in [7, 11) is 0. The van der Waals surface area contributed by atoms with Crippen LogP contribution in [0.4, 0.5) is 18.9 Å². The van der Waals surface area contributed by atoms with Crippen LogP contribution in [0.2, 0.25) is 0 Å². The zero-order chi connectivity index (χ0) is 16.9. The molecule has 2 aromatic carbocycles. The van der Waals surface area contributed by atoms with Gasteiger partial charge in [0.25, 0.3) is 0 Å². The number of aryl methyl sites for hydroxylation is 1. The van der Waals surface area contributed by atoms with Crippen molar-refractivity contribution in [2.24, 2.45) is 10.7 Å². The summed E-state index contributed by atoms with van der Waals surface area (Å²) in [5, 5.41) is 2.81. The molecule has 4 nitrogen and oxygen atoms in total. The van der Waals surface area contributed by atoms with Crippen LogP contribution < -0.4 is 15.8 Å². The molecule has 0 saturated heterocycles. The van der Waals surface area contributed by atoms with Gasteiger partial charge in [-0.3, -0.25) is 0 Å². The van der Waals surface area contributed by atoms with E-state index in [9.17, 15) is 13.2 Å². The molecule has 0 saturated carbocycles.